The first-order valence-electron chi connectivity index (χ1n) is 3.65. The van der Waals surface area contributed by atoms with Gasteiger partial charge in [0.15, 0.2) is 0 Å². The fourth-order valence-corrected chi connectivity index (χ4v) is 1.16. The van der Waals surface area contributed by atoms with Gasteiger partial charge in [0.25, 0.3) is 0 Å². The molecule has 1 heterocycles. The van der Waals surface area contributed by atoms with Gasteiger partial charge in [-0.15, -0.1) is 0 Å². The molecule has 0 spiro atoms. The van der Waals surface area contributed by atoms with Crippen LogP contribution in [0.4, 0.5) is 0 Å². The van der Waals surface area contributed by atoms with E-state index >= 15 is 0 Å². The SMILES string of the molecule is [B]c1cc2ccccc2[nH]c1=O. The molecule has 0 atom stereocenters. The smallest absolute Gasteiger partial charge is 0.241 e. The van der Waals surface area contributed by atoms with Crippen LogP contribution in [0.1, 0.15) is 0 Å². The first-order chi connectivity index (χ1) is 5.77. The Labute approximate surface area is 70.6 Å². The van der Waals surface area contributed by atoms with Crippen LogP contribution in [-0.4, -0.2) is 12.8 Å². The molecule has 2 radical (unpaired) electrons. The summed E-state index contributed by atoms with van der Waals surface area (Å²) < 4.78 is 0. The van der Waals surface area contributed by atoms with Crippen molar-refractivity contribution in [2.75, 3.05) is 0 Å². The van der Waals surface area contributed by atoms with E-state index in [1.165, 1.54) is 0 Å². The molecule has 0 fully saturated rings. The Morgan fingerprint density at radius 1 is 1.25 bits per heavy atom. The van der Waals surface area contributed by atoms with Crippen LogP contribution in [0.15, 0.2) is 35.1 Å². The second kappa shape index (κ2) is 2.52. The van der Waals surface area contributed by atoms with Gasteiger partial charge in [-0.1, -0.05) is 24.3 Å². The lowest BCUT2D eigenvalue weighted by molar-refractivity contribution is 1.33. The molecule has 12 heavy (non-hydrogen) atoms. The van der Waals surface area contributed by atoms with Crippen LogP contribution in [0.2, 0.25) is 0 Å². The molecule has 0 aliphatic heterocycles. The zero-order valence-corrected chi connectivity index (χ0v) is 6.37. The number of hydrogen-bond acceptors (Lipinski definition) is 1. The van der Waals surface area contributed by atoms with Crippen molar-refractivity contribution in [3.63, 3.8) is 0 Å². The molecule has 0 bridgehead atoms. The lowest BCUT2D eigenvalue weighted by Crippen LogP contribution is -2.26. The number of nitrogens with one attached hydrogen (secondary N) is 1. The van der Waals surface area contributed by atoms with Crippen molar-refractivity contribution in [2.24, 2.45) is 0 Å². The molecule has 2 nitrogen and oxygen atoms in total. The van der Waals surface area contributed by atoms with Crippen LogP contribution in [0.5, 0.6) is 0 Å². The number of benzene rings is 1. The van der Waals surface area contributed by atoms with E-state index in [1.54, 1.807) is 6.07 Å². The molecule has 0 aliphatic rings. The van der Waals surface area contributed by atoms with Gasteiger partial charge in [-0.3, -0.25) is 4.79 Å². The van der Waals surface area contributed by atoms with Gasteiger partial charge in [-0.2, -0.15) is 0 Å². The van der Waals surface area contributed by atoms with Gasteiger partial charge in [-0.05, 0) is 16.9 Å². The molecule has 0 saturated carbocycles. The second-order valence-electron chi connectivity index (χ2n) is 2.64. The minimum absolute atomic E-state index is 0.228. The number of pyridine rings is 1. The first-order valence-corrected chi connectivity index (χ1v) is 3.65. The minimum Gasteiger partial charge on any atom is -0.322 e. The third-order valence-electron chi connectivity index (χ3n) is 1.78. The molecule has 3 heteroatoms. The summed E-state index contributed by atoms with van der Waals surface area (Å²) in [7, 11) is 5.44. The Balaban J connectivity index is 2.93. The topological polar surface area (TPSA) is 32.9 Å². The van der Waals surface area contributed by atoms with Crippen LogP contribution in [0, 0.1) is 0 Å². The van der Waals surface area contributed by atoms with Gasteiger partial charge in [-0.25, -0.2) is 0 Å². The normalized spacial score (nSPS) is 10.3. The number of para-hydroxylation sites is 1. The zero-order valence-electron chi connectivity index (χ0n) is 6.37. The van der Waals surface area contributed by atoms with E-state index in [2.05, 4.69) is 4.98 Å². The Kier molecular flexibility index (Phi) is 1.50. The average molecular weight is 155 g/mol. The van der Waals surface area contributed by atoms with E-state index in [0.29, 0.717) is 0 Å². The second-order valence-corrected chi connectivity index (χ2v) is 2.64. The predicted molar refractivity (Wildman–Crippen MR) is 50.0 cm³/mol. The van der Waals surface area contributed by atoms with Crippen LogP contribution >= 0.6 is 0 Å². The monoisotopic (exact) mass is 155 g/mol. The van der Waals surface area contributed by atoms with Crippen molar-refractivity contribution >= 4 is 24.2 Å². The van der Waals surface area contributed by atoms with Crippen molar-refractivity contribution < 1.29 is 0 Å². The van der Waals surface area contributed by atoms with E-state index in [4.69, 9.17) is 7.85 Å². The largest absolute Gasteiger partial charge is 0.322 e. The summed E-state index contributed by atoms with van der Waals surface area (Å²) in [6.45, 7) is 0. The standard InChI is InChI=1S/C9H6BNO/c10-7-5-6-3-1-2-4-8(6)11-9(7)12/h1-5H,(H,11,12). The fraction of sp³-hybridized carbons (Fsp3) is 0. The Bertz CT molecular complexity index is 475. The van der Waals surface area contributed by atoms with Crippen molar-refractivity contribution in [1.82, 2.24) is 4.98 Å². The van der Waals surface area contributed by atoms with Gasteiger partial charge in [0.1, 0.15) is 7.85 Å². The summed E-state index contributed by atoms with van der Waals surface area (Å²) in [5.41, 5.74) is 0.846. The van der Waals surface area contributed by atoms with Crippen molar-refractivity contribution in [2.45, 2.75) is 0 Å². The molecule has 1 aromatic heterocycles. The maximum atomic E-state index is 11.1. The molecular weight excluding hydrogens is 149 g/mol. The summed E-state index contributed by atoms with van der Waals surface area (Å²) in [4.78, 5) is 13.7. The number of aromatic nitrogens is 1. The highest BCUT2D eigenvalue weighted by molar-refractivity contribution is 6.32. The lowest BCUT2D eigenvalue weighted by Gasteiger charge is -1.97. The first kappa shape index (κ1) is 7.16. The summed E-state index contributed by atoms with van der Waals surface area (Å²) in [5.74, 6) is 0. The van der Waals surface area contributed by atoms with Crippen LogP contribution in [-0.2, 0) is 0 Å². The highest BCUT2D eigenvalue weighted by Gasteiger charge is 1.95. The molecule has 56 valence electrons. The Morgan fingerprint density at radius 2 is 2.00 bits per heavy atom. The van der Waals surface area contributed by atoms with Gasteiger partial charge in [0.2, 0.25) is 5.56 Å². The number of aromatic amines is 1. The van der Waals surface area contributed by atoms with Crippen molar-refractivity contribution in [3.05, 3.63) is 40.7 Å². The highest BCUT2D eigenvalue weighted by Crippen LogP contribution is 2.05. The van der Waals surface area contributed by atoms with Crippen LogP contribution in [0.25, 0.3) is 10.9 Å². The van der Waals surface area contributed by atoms with Gasteiger partial charge in [0, 0.05) is 5.52 Å². The van der Waals surface area contributed by atoms with E-state index in [-0.39, 0.29) is 11.0 Å². The van der Waals surface area contributed by atoms with E-state index in [1.807, 2.05) is 24.3 Å². The molecule has 0 amide bonds. The molecule has 0 aliphatic carbocycles. The van der Waals surface area contributed by atoms with Gasteiger partial charge >= 0.3 is 0 Å². The zero-order chi connectivity index (χ0) is 8.55. The Morgan fingerprint density at radius 3 is 2.83 bits per heavy atom. The minimum atomic E-state index is -0.228. The Hall–Kier alpha value is -1.51. The molecule has 0 saturated heterocycles. The van der Waals surface area contributed by atoms with Crippen molar-refractivity contribution in [1.29, 1.82) is 0 Å². The average Bonchev–Trinajstić information content (AvgIpc) is 2.07. The maximum absolute atomic E-state index is 11.1. The van der Waals surface area contributed by atoms with E-state index < -0.39 is 0 Å². The maximum Gasteiger partial charge on any atom is 0.241 e. The summed E-state index contributed by atoms with van der Waals surface area (Å²) in [6.07, 6.45) is 0. The molecule has 2 rings (SSSR count). The van der Waals surface area contributed by atoms with Crippen molar-refractivity contribution in [3.8, 4) is 0 Å². The molecule has 1 N–H and O–H groups in total. The fourth-order valence-electron chi connectivity index (χ4n) is 1.16. The number of rotatable bonds is 0. The molecule has 0 unspecified atom stereocenters. The summed E-state index contributed by atoms with van der Waals surface area (Å²) >= 11 is 0. The van der Waals surface area contributed by atoms with E-state index in [9.17, 15) is 4.79 Å². The molecule has 2 aromatic rings. The predicted octanol–water partition coefficient (Wildman–Crippen LogP) is 0.322. The third kappa shape index (κ3) is 1.03. The van der Waals surface area contributed by atoms with Crippen LogP contribution < -0.4 is 11.0 Å². The lowest BCUT2D eigenvalue weighted by atomic mass is 9.97. The molecular formula is C9H6BNO. The van der Waals surface area contributed by atoms with Crippen LogP contribution in [0.3, 0.4) is 0 Å². The third-order valence-corrected chi connectivity index (χ3v) is 1.78. The quantitative estimate of drug-likeness (QED) is 0.546. The summed E-state index contributed by atoms with van der Waals surface area (Å²) in [5, 5.41) is 0.953. The van der Waals surface area contributed by atoms with E-state index in [0.717, 1.165) is 10.9 Å². The van der Waals surface area contributed by atoms with Gasteiger partial charge < -0.3 is 4.98 Å². The molecule has 1 aromatic carbocycles. The summed E-state index contributed by atoms with van der Waals surface area (Å²) in [6, 6.07) is 9.19. The number of fused-ring (bicyclic) bond motifs is 1. The number of H-pyrrole nitrogens is 1. The highest BCUT2D eigenvalue weighted by atomic mass is 16.1. The number of hydrogen-bond donors (Lipinski definition) is 1. The van der Waals surface area contributed by atoms with Gasteiger partial charge in [0.05, 0.1) is 0 Å².